The van der Waals surface area contributed by atoms with Gasteiger partial charge in [0.15, 0.2) is 0 Å². The lowest BCUT2D eigenvalue weighted by Gasteiger charge is -2.05. The predicted molar refractivity (Wildman–Crippen MR) is 69.1 cm³/mol. The Balaban J connectivity index is 2.14. The standard InChI is InChI=1S/C13H19ClFNO/c1-17-9-8-16-7-3-2-4-11-5-6-12(15)10-13(11)14/h5-6,10,16H,2-4,7-9H2,1H3. The molecule has 0 amide bonds. The van der Waals surface area contributed by atoms with Crippen LogP contribution in [0.3, 0.4) is 0 Å². The number of rotatable bonds is 8. The number of hydrogen-bond donors (Lipinski definition) is 1. The molecule has 96 valence electrons. The summed E-state index contributed by atoms with van der Waals surface area (Å²) in [6.07, 6.45) is 3.02. The molecule has 0 saturated carbocycles. The van der Waals surface area contributed by atoms with Crippen LogP contribution in [0.15, 0.2) is 18.2 Å². The Bertz CT molecular complexity index is 333. The van der Waals surface area contributed by atoms with Crippen LogP contribution in [-0.2, 0) is 11.2 Å². The van der Waals surface area contributed by atoms with E-state index in [-0.39, 0.29) is 5.82 Å². The number of unbranched alkanes of at least 4 members (excludes halogenated alkanes) is 1. The molecule has 1 N–H and O–H groups in total. The van der Waals surface area contributed by atoms with Crippen LogP contribution in [0.25, 0.3) is 0 Å². The fourth-order valence-electron chi connectivity index (χ4n) is 1.59. The summed E-state index contributed by atoms with van der Waals surface area (Å²) in [6, 6.07) is 4.59. The molecule has 0 fully saturated rings. The van der Waals surface area contributed by atoms with Gasteiger partial charge in [0.05, 0.1) is 6.61 Å². The summed E-state index contributed by atoms with van der Waals surface area (Å²) in [5, 5.41) is 3.80. The van der Waals surface area contributed by atoms with E-state index in [1.807, 2.05) is 0 Å². The van der Waals surface area contributed by atoms with E-state index in [4.69, 9.17) is 16.3 Å². The Morgan fingerprint density at radius 3 is 2.82 bits per heavy atom. The molecule has 4 heteroatoms. The summed E-state index contributed by atoms with van der Waals surface area (Å²) in [7, 11) is 1.69. The number of halogens is 2. The van der Waals surface area contributed by atoms with E-state index in [2.05, 4.69) is 5.32 Å². The van der Waals surface area contributed by atoms with Gasteiger partial charge in [-0.15, -0.1) is 0 Å². The van der Waals surface area contributed by atoms with Crippen LogP contribution >= 0.6 is 11.6 Å². The molecule has 1 aromatic carbocycles. The van der Waals surface area contributed by atoms with Crippen molar-refractivity contribution >= 4 is 11.6 Å². The van der Waals surface area contributed by atoms with Crippen LogP contribution in [0.2, 0.25) is 5.02 Å². The monoisotopic (exact) mass is 259 g/mol. The van der Waals surface area contributed by atoms with Crippen LogP contribution in [0.5, 0.6) is 0 Å². The quantitative estimate of drug-likeness (QED) is 0.725. The molecular weight excluding hydrogens is 241 g/mol. The van der Waals surface area contributed by atoms with Crippen LogP contribution in [0.4, 0.5) is 4.39 Å². The molecule has 0 bridgehead atoms. The van der Waals surface area contributed by atoms with Gasteiger partial charge in [-0.25, -0.2) is 4.39 Å². The van der Waals surface area contributed by atoms with Gasteiger partial charge in [-0.3, -0.25) is 0 Å². The van der Waals surface area contributed by atoms with E-state index in [0.29, 0.717) is 5.02 Å². The zero-order valence-corrected chi connectivity index (χ0v) is 10.9. The number of nitrogens with one attached hydrogen (secondary N) is 1. The molecule has 0 heterocycles. The number of hydrogen-bond acceptors (Lipinski definition) is 2. The van der Waals surface area contributed by atoms with Gasteiger partial charge >= 0.3 is 0 Å². The lowest BCUT2D eigenvalue weighted by molar-refractivity contribution is 0.199. The molecule has 0 radical (unpaired) electrons. The van der Waals surface area contributed by atoms with E-state index >= 15 is 0 Å². The highest BCUT2D eigenvalue weighted by Crippen LogP contribution is 2.18. The molecule has 1 rings (SSSR count). The number of ether oxygens (including phenoxy) is 1. The maximum Gasteiger partial charge on any atom is 0.124 e. The highest BCUT2D eigenvalue weighted by atomic mass is 35.5. The Hall–Kier alpha value is -0.640. The third kappa shape index (κ3) is 6.01. The molecule has 0 aliphatic heterocycles. The molecule has 0 unspecified atom stereocenters. The van der Waals surface area contributed by atoms with E-state index < -0.39 is 0 Å². The van der Waals surface area contributed by atoms with Crippen molar-refractivity contribution < 1.29 is 9.13 Å². The molecule has 0 spiro atoms. The molecule has 1 aromatic rings. The highest BCUT2D eigenvalue weighted by molar-refractivity contribution is 6.31. The highest BCUT2D eigenvalue weighted by Gasteiger charge is 2.01. The molecule has 0 atom stereocenters. The summed E-state index contributed by atoms with van der Waals surface area (Å²) < 4.78 is 17.7. The SMILES string of the molecule is COCCNCCCCc1ccc(F)cc1Cl. The van der Waals surface area contributed by atoms with Crippen molar-refractivity contribution in [2.24, 2.45) is 0 Å². The topological polar surface area (TPSA) is 21.3 Å². The van der Waals surface area contributed by atoms with Crippen molar-refractivity contribution in [2.75, 3.05) is 26.8 Å². The number of benzene rings is 1. The molecule has 0 aromatic heterocycles. The lowest BCUT2D eigenvalue weighted by Crippen LogP contribution is -2.20. The van der Waals surface area contributed by atoms with Gasteiger partial charge in [0.25, 0.3) is 0 Å². The Morgan fingerprint density at radius 1 is 1.29 bits per heavy atom. The third-order valence-electron chi connectivity index (χ3n) is 2.55. The molecule has 0 aliphatic carbocycles. The zero-order valence-electron chi connectivity index (χ0n) is 10.1. The Morgan fingerprint density at radius 2 is 2.12 bits per heavy atom. The number of aryl methyl sites for hydroxylation is 1. The smallest absolute Gasteiger partial charge is 0.124 e. The lowest BCUT2D eigenvalue weighted by atomic mass is 10.1. The second kappa shape index (κ2) is 8.45. The fraction of sp³-hybridized carbons (Fsp3) is 0.538. The largest absolute Gasteiger partial charge is 0.383 e. The first-order valence-electron chi connectivity index (χ1n) is 5.87. The first-order chi connectivity index (χ1) is 8.24. The maximum absolute atomic E-state index is 12.8. The van der Waals surface area contributed by atoms with Crippen molar-refractivity contribution in [1.82, 2.24) is 5.32 Å². The molecule has 0 saturated heterocycles. The summed E-state index contributed by atoms with van der Waals surface area (Å²) in [5.74, 6) is -0.278. The minimum absolute atomic E-state index is 0.278. The summed E-state index contributed by atoms with van der Waals surface area (Å²) in [4.78, 5) is 0. The van der Waals surface area contributed by atoms with Crippen molar-refractivity contribution in [1.29, 1.82) is 0 Å². The first kappa shape index (κ1) is 14.4. The fourth-order valence-corrected chi connectivity index (χ4v) is 1.85. The van der Waals surface area contributed by atoms with E-state index in [9.17, 15) is 4.39 Å². The average molecular weight is 260 g/mol. The second-order valence-electron chi connectivity index (χ2n) is 3.94. The molecule has 2 nitrogen and oxygen atoms in total. The van der Waals surface area contributed by atoms with Gasteiger partial charge in [0.1, 0.15) is 5.82 Å². The zero-order chi connectivity index (χ0) is 12.5. The van der Waals surface area contributed by atoms with E-state index in [1.165, 1.54) is 12.1 Å². The summed E-state index contributed by atoms with van der Waals surface area (Å²) in [5.41, 5.74) is 1.02. The minimum Gasteiger partial charge on any atom is -0.383 e. The predicted octanol–water partition coefficient (Wildman–Crippen LogP) is 3.04. The van der Waals surface area contributed by atoms with Crippen molar-refractivity contribution in [3.63, 3.8) is 0 Å². The third-order valence-corrected chi connectivity index (χ3v) is 2.90. The van der Waals surface area contributed by atoms with Crippen molar-refractivity contribution in [3.05, 3.63) is 34.6 Å². The van der Waals surface area contributed by atoms with Crippen LogP contribution in [-0.4, -0.2) is 26.8 Å². The molecule has 0 aliphatic rings. The number of methoxy groups -OCH3 is 1. The van der Waals surface area contributed by atoms with Gasteiger partial charge in [-0.2, -0.15) is 0 Å². The Kier molecular flexibility index (Phi) is 7.17. The minimum atomic E-state index is -0.278. The van der Waals surface area contributed by atoms with Crippen molar-refractivity contribution in [3.8, 4) is 0 Å². The van der Waals surface area contributed by atoms with Crippen LogP contribution < -0.4 is 5.32 Å². The van der Waals surface area contributed by atoms with Gasteiger partial charge in [-0.05, 0) is 43.5 Å². The van der Waals surface area contributed by atoms with Crippen molar-refractivity contribution in [2.45, 2.75) is 19.3 Å². The maximum atomic E-state index is 12.8. The summed E-state index contributed by atoms with van der Waals surface area (Å²) >= 11 is 5.94. The normalized spacial score (nSPS) is 10.8. The van der Waals surface area contributed by atoms with E-state index in [1.54, 1.807) is 13.2 Å². The van der Waals surface area contributed by atoms with Crippen LogP contribution in [0, 0.1) is 5.82 Å². The Labute approximate surface area is 107 Å². The molecular formula is C13H19ClFNO. The van der Waals surface area contributed by atoms with Gasteiger partial charge in [-0.1, -0.05) is 17.7 Å². The second-order valence-corrected chi connectivity index (χ2v) is 4.34. The summed E-state index contributed by atoms with van der Waals surface area (Å²) in [6.45, 7) is 2.60. The van der Waals surface area contributed by atoms with E-state index in [0.717, 1.165) is 44.5 Å². The van der Waals surface area contributed by atoms with Gasteiger partial charge in [0, 0.05) is 18.7 Å². The molecule has 17 heavy (non-hydrogen) atoms. The van der Waals surface area contributed by atoms with Crippen LogP contribution in [0.1, 0.15) is 18.4 Å². The van der Waals surface area contributed by atoms with Gasteiger partial charge < -0.3 is 10.1 Å². The first-order valence-corrected chi connectivity index (χ1v) is 6.25. The van der Waals surface area contributed by atoms with Gasteiger partial charge in [0.2, 0.25) is 0 Å². The average Bonchev–Trinajstić information content (AvgIpc) is 2.30.